The number of aromatic nitrogens is 3. The molecule has 1 N–H and O–H groups in total. The second-order valence-corrected chi connectivity index (χ2v) is 3.94. The van der Waals surface area contributed by atoms with Gasteiger partial charge in [0, 0.05) is 6.20 Å². The third kappa shape index (κ3) is 1.68. The quantitative estimate of drug-likeness (QED) is 0.786. The summed E-state index contributed by atoms with van der Waals surface area (Å²) in [5.41, 5.74) is 2.79. The van der Waals surface area contributed by atoms with Crippen molar-refractivity contribution in [2.75, 3.05) is 19.8 Å². The molecule has 1 aliphatic rings. The number of hydrogen-bond donors (Lipinski definition) is 1. The van der Waals surface area contributed by atoms with Crippen molar-refractivity contribution in [3.8, 4) is 0 Å². The molecule has 0 bridgehead atoms. The lowest BCUT2D eigenvalue weighted by atomic mass is 10.3. The molecule has 5 heteroatoms. The van der Waals surface area contributed by atoms with Gasteiger partial charge in [-0.15, -0.1) is 0 Å². The van der Waals surface area contributed by atoms with Crippen LogP contribution in [-0.2, 0) is 9.47 Å². The van der Waals surface area contributed by atoms with E-state index in [0.717, 1.165) is 22.6 Å². The number of hydrogen-bond acceptors (Lipinski definition) is 4. The van der Waals surface area contributed by atoms with Gasteiger partial charge in [-0.05, 0) is 18.6 Å². The molecule has 0 radical (unpaired) electrons. The number of pyridine rings is 1. The van der Waals surface area contributed by atoms with Gasteiger partial charge in [0.25, 0.3) is 0 Å². The largest absolute Gasteiger partial charge is 0.376 e. The SMILES string of the molecule is Cc1cnc2nc(C3COCCO3)[nH]c2c1. The van der Waals surface area contributed by atoms with Gasteiger partial charge >= 0.3 is 0 Å². The highest BCUT2D eigenvalue weighted by molar-refractivity contribution is 5.71. The molecule has 0 spiro atoms. The Hall–Kier alpha value is -1.46. The highest BCUT2D eigenvalue weighted by atomic mass is 16.6. The van der Waals surface area contributed by atoms with E-state index in [1.807, 2.05) is 19.2 Å². The summed E-state index contributed by atoms with van der Waals surface area (Å²) in [6, 6.07) is 2.03. The summed E-state index contributed by atoms with van der Waals surface area (Å²) >= 11 is 0. The summed E-state index contributed by atoms with van der Waals surface area (Å²) in [6.45, 7) is 3.84. The summed E-state index contributed by atoms with van der Waals surface area (Å²) in [5.74, 6) is 0.799. The van der Waals surface area contributed by atoms with Crippen molar-refractivity contribution < 1.29 is 9.47 Å². The van der Waals surface area contributed by atoms with Gasteiger partial charge in [0.1, 0.15) is 11.9 Å². The Morgan fingerprint density at radius 2 is 2.38 bits per heavy atom. The lowest BCUT2D eigenvalue weighted by Crippen LogP contribution is -2.22. The standard InChI is InChI=1S/C11H13N3O2/c1-7-4-8-10(12-5-7)14-11(13-8)9-6-15-2-3-16-9/h4-5,9H,2-3,6H2,1H3,(H,12,13,14). The number of nitrogens with zero attached hydrogens (tertiary/aromatic N) is 2. The van der Waals surface area contributed by atoms with E-state index in [0.29, 0.717) is 19.8 Å². The van der Waals surface area contributed by atoms with Gasteiger partial charge in [0.2, 0.25) is 0 Å². The molecular formula is C11H13N3O2. The Kier molecular flexibility index (Phi) is 2.34. The number of rotatable bonds is 1. The van der Waals surface area contributed by atoms with Crippen molar-refractivity contribution >= 4 is 11.2 Å². The van der Waals surface area contributed by atoms with Crippen LogP contribution in [0.25, 0.3) is 11.2 Å². The number of nitrogens with one attached hydrogen (secondary N) is 1. The van der Waals surface area contributed by atoms with Crippen molar-refractivity contribution in [3.63, 3.8) is 0 Å². The normalized spacial score (nSPS) is 21.4. The Labute approximate surface area is 92.8 Å². The predicted molar refractivity (Wildman–Crippen MR) is 58.1 cm³/mol. The second-order valence-electron chi connectivity index (χ2n) is 3.94. The average Bonchev–Trinajstić information content (AvgIpc) is 2.73. The fourth-order valence-corrected chi connectivity index (χ4v) is 1.82. The summed E-state index contributed by atoms with van der Waals surface area (Å²) in [7, 11) is 0. The Bertz CT molecular complexity index is 503. The van der Waals surface area contributed by atoms with E-state index in [1.54, 1.807) is 0 Å². The van der Waals surface area contributed by atoms with E-state index in [9.17, 15) is 0 Å². The van der Waals surface area contributed by atoms with Crippen molar-refractivity contribution in [2.45, 2.75) is 13.0 Å². The molecule has 0 saturated carbocycles. The van der Waals surface area contributed by atoms with Crippen LogP contribution in [0.2, 0.25) is 0 Å². The Morgan fingerprint density at radius 1 is 1.44 bits per heavy atom. The fourth-order valence-electron chi connectivity index (χ4n) is 1.82. The minimum absolute atomic E-state index is 0.0942. The first-order chi connectivity index (χ1) is 7.83. The van der Waals surface area contributed by atoms with Crippen LogP contribution in [0.3, 0.4) is 0 Å². The molecule has 1 aliphatic heterocycles. The lowest BCUT2D eigenvalue weighted by Gasteiger charge is -2.20. The van der Waals surface area contributed by atoms with E-state index in [2.05, 4.69) is 15.0 Å². The number of aromatic amines is 1. The molecule has 84 valence electrons. The van der Waals surface area contributed by atoms with Crippen molar-refractivity contribution in [3.05, 3.63) is 23.7 Å². The van der Waals surface area contributed by atoms with Gasteiger partial charge in [-0.2, -0.15) is 0 Å². The number of fused-ring (bicyclic) bond motifs is 1. The number of imidazole rings is 1. The fraction of sp³-hybridized carbons (Fsp3) is 0.455. The van der Waals surface area contributed by atoms with Crippen LogP contribution in [0.15, 0.2) is 12.3 Å². The van der Waals surface area contributed by atoms with Crippen LogP contribution in [0.5, 0.6) is 0 Å². The highest BCUT2D eigenvalue weighted by Gasteiger charge is 2.20. The van der Waals surface area contributed by atoms with Crippen LogP contribution in [0, 0.1) is 6.92 Å². The van der Waals surface area contributed by atoms with Gasteiger partial charge in [-0.25, -0.2) is 9.97 Å². The van der Waals surface area contributed by atoms with Crippen LogP contribution >= 0.6 is 0 Å². The Balaban J connectivity index is 1.97. The van der Waals surface area contributed by atoms with Gasteiger partial charge in [-0.3, -0.25) is 0 Å². The average molecular weight is 219 g/mol. The zero-order chi connectivity index (χ0) is 11.0. The second kappa shape index (κ2) is 3.84. The molecule has 2 aromatic heterocycles. The third-order valence-corrected chi connectivity index (χ3v) is 2.61. The molecule has 3 heterocycles. The highest BCUT2D eigenvalue weighted by Crippen LogP contribution is 2.20. The van der Waals surface area contributed by atoms with Gasteiger partial charge in [0.15, 0.2) is 5.65 Å². The number of H-pyrrole nitrogens is 1. The molecule has 0 amide bonds. The van der Waals surface area contributed by atoms with Crippen molar-refractivity contribution in [2.24, 2.45) is 0 Å². The molecule has 1 atom stereocenters. The van der Waals surface area contributed by atoms with Crippen molar-refractivity contribution in [1.29, 1.82) is 0 Å². The maximum Gasteiger partial charge on any atom is 0.177 e. The monoisotopic (exact) mass is 219 g/mol. The van der Waals surface area contributed by atoms with E-state index in [4.69, 9.17) is 9.47 Å². The smallest absolute Gasteiger partial charge is 0.177 e. The summed E-state index contributed by atoms with van der Waals surface area (Å²) in [6.07, 6.45) is 1.72. The molecular weight excluding hydrogens is 206 g/mol. The molecule has 2 aromatic rings. The molecule has 1 unspecified atom stereocenters. The van der Waals surface area contributed by atoms with Crippen LogP contribution in [0.1, 0.15) is 17.5 Å². The minimum atomic E-state index is -0.0942. The molecule has 5 nitrogen and oxygen atoms in total. The zero-order valence-electron chi connectivity index (χ0n) is 9.06. The van der Waals surface area contributed by atoms with Gasteiger partial charge in [0.05, 0.1) is 25.3 Å². The minimum Gasteiger partial charge on any atom is -0.376 e. The molecule has 3 rings (SSSR count). The summed E-state index contributed by atoms with van der Waals surface area (Å²) in [4.78, 5) is 11.9. The van der Waals surface area contributed by atoms with Gasteiger partial charge in [-0.1, -0.05) is 0 Å². The zero-order valence-corrected chi connectivity index (χ0v) is 9.06. The van der Waals surface area contributed by atoms with Crippen molar-refractivity contribution in [1.82, 2.24) is 15.0 Å². The first kappa shape index (κ1) is 9.74. The van der Waals surface area contributed by atoms with E-state index in [-0.39, 0.29) is 6.10 Å². The predicted octanol–water partition coefficient (Wildman–Crippen LogP) is 1.35. The summed E-state index contributed by atoms with van der Waals surface area (Å²) in [5, 5.41) is 0. The van der Waals surface area contributed by atoms with Crippen LogP contribution < -0.4 is 0 Å². The molecule has 1 saturated heterocycles. The van der Waals surface area contributed by atoms with Gasteiger partial charge < -0.3 is 14.5 Å². The first-order valence-electron chi connectivity index (χ1n) is 5.34. The first-order valence-corrected chi connectivity index (χ1v) is 5.34. The van der Waals surface area contributed by atoms with Crippen LogP contribution in [0.4, 0.5) is 0 Å². The third-order valence-electron chi connectivity index (χ3n) is 2.61. The lowest BCUT2D eigenvalue weighted by molar-refractivity contribution is -0.0931. The molecule has 0 aromatic carbocycles. The number of aryl methyl sites for hydroxylation is 1. The maximum absolute atomic E-state index is 5.58. The molecule has 16 heavy (non-hydrogen) atoms. The summed E-state index contributed by atoms with van der Waals surface area (Å²) < 4.78 is 10.9. The molecule has 1 fully saturated rings. The number of ether oxygens (including phenoxy) is 2. The van der Waals surface area contributed by atoms with E-state index >= 15 is 0 Å². The van der Waals surface area contributed by atoms with Crippen LogP contribution in [-0.4, -0.2) is 34.8 Å². The van der Waals surface area contributed by atoms with E-state index < -0.39 is 0 Å². The maximum atomic E-state index is 5.58. The topological polar surface area (TPSA) is 60.0 Å². The van der Waals surface area contributed by atoms with E-state index in [1.165, 1.54) is 0 Å². The molecule has 0 aliphatic carbocycles. The Morgan fingerprint density at radius 3 is 3.19 bits per heavy atom.